The second-order valence-corrected chi connectivity index (χ2v) is 6.86. The maximum atomic E-state index is 13.1. The van der Waals surface area contributed by atoms with Gasteiger partial charge in [0.15, 0.2) is 5.78 Å². The molecule has 0 N–H and O–H groups in total. The Hall–Kier alpha value is -3.50. The first kappa shape index (κ1) is 18.8. The number of hydrogen-bond acceptors (Lipinski definition) is 2. The van der Waals surface area contributed by atoms with E-state index in [1.807, 2.05) is 48.7 Å². The van der Waals surface area contributed by atoms with Crippen LogP contribution in [0.5, 0.6) is 0 Å². The molecule has 29 heavy (non-hydrogen) atoms. The SMILES string of the molecule is O=C(C=Cc1cn(-c2ccccc2)nc1-c1ccc(Cl)cc1)c1ccc(F)cc1. The van der Waals surface area contributed by atoms with Gasteiger partial charge in [0.2, 0.25) is 0 Å². The average Bonchev–Trinajstić information content (AvgIpc) is 3.18. The minimum absolute atomic E-state index is 0.209. The summed E-state index contributed by atoms with van der Waals surface area (Å²) in [6, 6.07) is 22.6. The van der Waals surface area contributed by atoms with E-state index >= 15 is 0 Å². The van der Waals surface area contributed by atoms with E-state index in [9.17, 15) is 9.18 Å². The number of carbonyl (C=O) groups excluding carboxylic acids is 1. The van der Waals surface area contributed by atoms with Crippen molar-refractivity contribution < 1.29 is 9.18 Å². The van der Waals surface area contributed by atoms with Gasteiger partial charge in [-0.1, -0.05) is 41.9 Å². The zero-order valence-corrected chi connectivity index (χ0v) is 16.1. The van der Waals surface area contributed by atoms with E-state index in [2.05, 4.69) is 0 Å². The molecular weight excluding hydrogens is 387 g/mol. The van der Waals surface area contributed by atoms with Crippen LogP contribution in [0.15, 0.2) is 91.1 Å². The van der Waals surface area contributed by atoms with Crippen LogP contribution in [0.1, 0.15) is 15.9 Å². The zero-order valence-electron chi connectivity index (χ0n) is 15.3. The number of aromatic nitrogens is 2. The molecule has 0 fully saturated rings. The summed E-state index contributed by atoms with van der Waals surface area (Å²) in [6.45, 7) is 0. The second-order valence-electron chi connectivity index (χ2n) is 6.42. The first-order valence-electron chi connectivity index (χ1n) is 8.99. The predicted octanol–water partition coefficient (Wildman–Crippen LogP) is 6.23. The lowest BCUT2D eigenvalue weighted by atomic mass is 10.1. The smallest absolute Gasteiger partial charge is 0.185 e. The minimum atomic E-state index is -0.375. The molecule has 1 heterocycles. The molecule has 0 atom stereocenters. The summed E-state index contributed by atoms with van der Waals surface area (Å²) in [7, 11) is 0. The quantitative estimate of drug-likeness (QED) is 0.293. The third-order valence-corrected chi connectivity index (χ3v) is 4.68. The summed E-state index contributed by atoms with van der Waals surface area (Å²) in [5.41, 5.74) is 3.73. The number of benzene rings is 3. The Morgan fingerprint density at radius 2 is 1.62 bits per heavy atom. The van der Waals surface area contributed by atoms with Crippen molar-refractivity contribution in [2.24, 2.45) is 0 Å². The number of hydrogen-bond donors (Lipinski definition) is 0. The molecular formula is C24H16ClFN2O. The molecule has 1 aromatic heterocycles. The molecule has 0 aliphatic carbocycles. The van der Waals surface area contributed by atoms with Crippen molar-refractivity contribution in [3.05, 3.63) is 113 Å². The highest BCUT2D eigenvalue weighted by molar-refractivity contribution is 6.30. The number of allylic oxidation sites excluding steroid dienone is 1. The van der Waals surface area contributed by atoms with Gasteiger partial charge in [0, 0.05) is 27.9 Å². The molecule has 0 spiro atoms. The number of halogens is 2. The summed E-state index contributed by atoms with van der Waals surface area (Å²) in [4.78, 5) is 12.4. The molecule has 0 saturated heterocycles. The van der Waals surface area contributed by atoms with E-state index in [0.29, 0.717) is 10.6 Å². The Bertz CT molecular complexity index is 1160. The van der Waals surface area contributed by atoms with Gasteiger partial charge < -0.3 is 0 Å². The molecule has 0 aliphatic rings. The normalized spacial score (nSPS) is 11.1. The molecule has 0 aliphatic heterocycles. The number of carbonyl (C=O) groups is 1. The van der Waals surface area contributed by atoms with Crippen LogP contribution < -0.4 is 0 Å². The van der Waals surface area contributed by atoms with Crippen LogP contribution in [0.4, 0.5) is 4.39 Å². The van der Waals surface area contributed by atoms with Crippen LogP contribution in [-0.4, -0.2) is 15.6 Å². The topological polar surface area (TPSA) is 34.9 Å². The lowest BCUT2D eigenvalue weighted by Gasteiger charge is -2.01. The van der Waals surface area contributed by atoms with Crippen molar-refractivity contribution in [2.75, 3.05) is 0 Å². The third kappa shape index (κ3) is 4.33. The molecule has 0 saturated carbocycles. The number of para-hydroxylation sites is 1. The molecule has 142 valence electrons. The largest absolute Gasteiger partial charge is 0.289 e. The highest BCUT2D eigenvalue weighted by atomic mass is 35.5. The maximum absolute atomic E-state index is 13.1. The van der Waals surface area contributed by atoms with Crippen LogP contribution in [0.3, 0.4) is 0 Å². The summed E-state index contributed by atoms with van der Waals surface area (Å²) >= 11 is 6.01. The average molecular weight is 403 g/mol. The predicted molar refractivity (Wildman–Crippen MR) is 114 cm³/mol. The van der Waals surface area contributed by atoms with Gasteiger partial charge in [-0.3, -0.25) is 4.79 Å². The standard InChI is InChI=1S/C24H16ClFN2O/c25-20-11-6-18(7-12-20)24-19(16-28(27-24)22-4-2-1-3-5-22)10-15-23(29)17-8-13-21(26)14-9-17/h1-16H. The van der Waals surface area contributed by atoms with Crippen molar-refractivity contribution in [3.8, 4) is 16.9 Å². The first-order valence-corrected chi connectivity index (χ1v) is 9.37. The van der Waals surface area contributed by atoms with Gasteiger partial charge in [0.25, 0.3) is 0 Å². The number of ketones is 1. The van der Waals surface area contributed by atoms with Gasteiger partial charge in [-0.05, 0) is 60.7 Å². The Morgan fingerprint density at radius 3 is 2.31 bits per heavy atom. The molecule has 0 unspecified atom stereocenters. The Kier molecular flexibility index (Phi) is 5.36. The van der Waals surface area contributed by atoms with Gasteiger partial charge >= 0.3 is 0 Å². The minimum Gasteiger partial charge on any atom is -0.289 e. The molecule has 5 heteroatoms. The summed E-state index contributed by atoms with van der Waals surface area (Å²) < 4.78 is 14.9. The van der Waals surface area contributed by atoms with Gasteiger partial charge in [0.1, 0.15) is 5.82 Å². The fourth-order valence-electron chi connectivity index (χ4n) is 2.93. The maximum Gasteiger partial charge on any atom is 0.185 e. The number of nitrogens with zero attached hydrogens (tertiary/aromatic N) is 2. The lowest BCUT2D eigenvalue weighted by molar-refractivity contribution is 0.104. The van der Waals surface area contributed by atoms with Crippen LogP contribution in [-0.2, 0) is 0 Å². The summed E-state index contributed by atoms with van der Waals surface area (Å²) in [5.74, 6) is -0.584. The Morgan fingerprint density at radius 1 is 0.931 bits per heavy atom. The highest BCUT2D eigenvalue weighted by Gasteiger charge is 2.11. The van der Waals surface area contributed by atoms with E-state index in [-0.39, 0.29) is 11.6 Å². The van der Waals surface area contributed by atoms with Crippen LogP contribution in [0.25, 0.3) is 23.0 Å². The molecule has 3 aromatic carbocycles. The van der Waals surface area contributed by atoms with Crippen LogP contribution in [0, 0.1) is 5.82 Å². The monoisotopic (exact) mass is 402 g/mol. The second kappa shape index (κ2) is 8.25. The third-order valence-electron chi connectivity index (χ3n) is 4.42. The molecule has 0 radical (unpaired) electrons. The zero-order chi connectivity index (χ0) is 20.2. The molecule has 4 rings (SSSR count). The van der Waals surface area contributed by atoms with E-state index in [4.69, 9.17) is 16.7 Å². The van der Waals surface area contributed by atoms with Crippen molar-refractivity contribution in [1.29, 1.82) is 0 Å². The van der Waals surface area contributed by atoms with Crippen molar-refractivity contribution in [2.45, 2.75) is 0 Å². The van der Waals surface area contributed by atoms with Gasteiger partial charge in [-0.25, -0.2) is 9.07 Å². The summed E-state index contributed by atoms with van der Waals surface area (Å²) in [5, 5.41) is 5.34. The molecule has 3 nitrogen and oxygen atoms in total. The van der Waals surface area contributed by atoms with Crippen molar-refractivity contribution >= 4 is 23.5 Å². The highest BCUT2D eigenvalue weighted by Crippen LogP contribution is 2.26. The first-order chi connectivity index (χ1) is 14.1. The van der Waals surface area contributed by atoms with E-state index in [1.165, 1.54) is 30.3 Å². The van der Waals surface area contributed by atoms with Gasteiger partial charge in [-0.2, -0.15) is 5.10 Å². The van der Waals surface area contributed by atoms with Gasteiger partial charge in [0.05, 0.1) is 11.4 Å². The van der Waals surface area contributed by atoms with E-state index in [0.717, 1.165) is 22.5 Å². The Labute approximate surface area is 172 Å². The molecule has 0 amide bonds. The van der Waals surface area contributed by atoms with E-state index < -0.39 is 0 Å². The van der Waals surface area contributed by atoms with Crippen LogP contribution in [0.2, 0.25) is 5.02 Å². The lowest BCUT2D eigenvalue weighted by Crippen LogP contribution is -1.93. The summed E-state index contributed by atoms with van der Waals surface area (Å²) in [6.07, 6.45) is 5.06. The Balaban J connectivity index is 1.72. The van der Waals surface area contributed by atoms with Crippen molar-refractivity contribution in [1.82, 2.24) is 9.78 Å². The van der Waals surface area contributed by atoms with E-state index in [1.54, 1.807) is 22.9 Å². The van der Waals surface area contributed by atoms with Crippen LogP contribution >= 0.6 is 11.6 Å². The molecule has 0 bridgehead atoms. The number of rotatable bonds is 5. The van der Waals surface area contributed by atoms with Crippen molar-refractivity contribution in [3.63, 3.8) is 0 Å². The fourth-order valence-corrected chi connectivity index (χ4v) is 3.06. The van der Waals surface area contributed by atoms with Gasteiger partial charge in [-0.15, -0.1) is 0 Å². The fraction of sp³-hybridized carbons (Fsp3) is 0. The molecule has 4 aromatic rings.